The van der Waals surface area contributed by atoms with Crippen LogP contribution in [0.5, 0.6) is 0 Å². The Hall–Kier alpha value is -0.0800. The molecule has 1 atom stereocenters. The second-order valence-electron chi connectivity index (χ2n) is 2.03. The van der Waals surface area contributed by atoms with E-state index in [4.69, 9.17) is 10.8 Å². The fourth-order valence-electron chi connectivity index (χ4n) is 0.558. The van der Waals surface area contributed by atoms with Crippen molar-refractivity contribution in [2.24, 2.45) is 5.73 Å². The van der Waals surface area contributed by atoms with Crippen molar-refractivity contribution in [2.45, 2.75) is 32.3 Å². The quantitative estimate of drug-likeness (QED) is 0.563. The van der Waals surface area contributed by atoms with E-state index in [2.05, 4.69) is 6.92 Å². The first-order valence-electron chi connectivity index (χ1n) is 3.19. The highest BCUT2D eigenvalue weighted by Gasteiger charge is 1.96. The Morgan fingerprint density at radius 1 is 1.62 bits per heavy atom. The Labute approximate surface area is 50.7 Å². The van der Waals surface area contributed by atoms with Gasteiger partial charge in [-0.15, -0.1) is 0 Å². The van der Waals surface area contributed by atoms with E-state index in [-0.39, 0.29) is 6.10 Å². The Balaban J connectivity index is 2.86. The van der Waals surface area contributed by atoms with E-state index < -0.39 is 0 Å². The van der Waals surface area contributed by atoms with E-state index in [1.165, 1.54) is 0 Å². The Kier molecular flexibility index (Phi) is 5.01. The lowest BCUT2D eigenvalue weighted by molar-refractivity contribution is 0.169. The fraction of sp³-hybridized carbons (Fsp3) is 1.00. The minimum absolute atomic E-state index is 0.269. The molecule has 0 aromatic heterocycles. The summed E-state index contributed by atoms with van der Waals surface area (Å²) in [6.45, 7) is 2.50. The van der Waals surface area contributed by atoms with Gasteiger partial charge in [-0.05, 0) is 6.42 Å². The summed E-state index contributed by atoms with van der Waals surface area (Å²) < 4.78 is 0. The molecule has 50 valence electrons. The predicted octanol–water partition coefficient (Wildman–Crippen LogP) is 0.496. The number of rotatable bonds is 4. The molecule has 0 unspecified atom stereocenters. The number of nitrogens with two attached hydrogens (primary N) is 1. The summed E-state index contributed by atoms with van der Waals surface area (Å²) in [5, 5.41) is 8.86. The lowest BCUT2D eigenvalue weighted by atomic mass is 10.2. The zero-order chi connectivity index (χ0) is 6.41. The van der Waals surface area contributed by atoms with Crippen molar-refractivity contribution in [2.75, 3.05) is 6.54 Å². The molecule has 0 aromatic rings. The van der Waals surface area contributed by atoms with Gasteiger partial charge < -0.3 is 10.8 Å². The van der Waals surface area contributed by atoms with E-state index in [1.54, 1.807) is 0 Å². The average molecular weight is 117 g/mol. The van der Waals surface area contributed by atoms with E-state index in [9.17, 15) is 0 Å². The van der Waals surface area contributed by atoms with Crippen molar-refractivity contribution < 1.29 is 5.11 Å². The molecule has 0 radical (unpaired) electrons. The largest absolute Gasteiger partial charge is 0.392 e. The summed E-state index contributed by atoms with van der Waals surface area (Å²) in [5.41, 5.74) is 5.16. The molecule has 3 N–H and O–H groups in total. The smallest absolute Gasteiger partial charge is 0.0662 e. The lowest BCUT2D eigenvalue weighted by Crippen LogP contribution is -2.18. The predicted molar refractivity (Wildman–Crippen MR) is 34.6 cm³/mol. The maximum absolute atomic E-state index is 8.86. The molecule has 0 spiro atoms. The molecule has 0 aliphatic rings. The number of aliphatic hydroxyl groups excluding tert-OH is 1. The number of unbranched alkanes of at least 4 members (excludes halogenated alkanes) is 1. The summed E-state index contributed by atoms with van der Waals surface area (Å²) in [7, 11) is 0. The molecule has 2 heteroatoms. The highest BCUT2D eigenvalue weighted by molar-refractivity contribution is 4.53. The Bertz CT molecular complexity index is 47.8. The van der Waals surface area contributed by atoms with Gasteiger partial charge in [0.1, 0.15) is 0 Å². The summed E-state index contributed by atoms with van der Waals surface area (Å²) in [4.78, 5) is 0. The number of hydrogen-bond donors (Lipinski definition) is 2. The fourth-order valence-corrected chi connectivity index (χ4v) is 0.558. The number of aliphatic hydroxyl groups is 1. The van der Waals surface area contributed by atoms with E-state index in [0.29, 0.717) is 6.54 Å². The third-order valence-corrected chi connectivity index (χ3v) is 1.16. The second-order valence-corrected chi connectivity index (χ2v) is 2.03. The van der Waals surface area contributed by atoms with Crippen molar-refractivity contribution in [3.8, 4) is 0 Å². The maximum Gasteiger partial charge on any atom is 0.0662 e. The molecule has 0 heterocycles. The van der Waals surface area contributed by atoms with Gasteiger partial charge in [0.15, 0.2) is 0 Å². The second kappa shape index (κ2) is 5.06. The molecule has 0 saturated heterocycles. The van der Waals surface area contributed by atoms with Crippen LogP contribution in [-0.4, -0.2) is 17.8 Å². The van der Waals surface area contributed by atoms with Gasteiger partial charge in [0.05, 0.1) is 6.10 Å². The van der Waals surface area contributed by atoms with E-state index in [0.717, 1.165) is 19.3 Å². The van der Waals surface area contributed by atoms with Crippen molar-refractivity contribution in [1.82, 2.24) is 0 Å². The molecule has 2 nitrogen and oxygen atoms in total. The zero-order valence-corrected chi connectivity index (χ0v) is 5.43. The molecule has 0 rings (SSSR count). The minimum Gasteiger partial charge on any atom is -0.392 e. The van der Waals surface area contributed by atoms with Gasteiger partial charge in [-0.1, -0.05) is 19.8 Å². The summed E-state index contributed by atoms with van der Waals surface area (Å²) in [6, 6.07) is 0. The molecular weight excluding hydrogens is 102 g/mol. The summed E-state index contributed by atoms with van der Waals surface area (Å²) in [5.74, 6) is 0. The summed E-state index contributed by atoms with van der Waals surface area (Å²) >= 11 is 0. The van der Waals surface area contributed by atoms with Crippen LogP contribution in [0.1, 0.15) is 26.2 Å². The van der Waals surface area contributed by atoms with Gasteiger partial charge in [0.2, 0.25) is 0 Å². The molecular formula is C6H15NO. The number of hydrogen-bond acceptors (Lipinski definition) is 2. The standard InChI is InChI=1S/C6H15NO/c1-2-3-4-6(8)5-7/h6,8H,2-5,7H2,1H3/t6-/m1/s1. The van der Waals surface area contributed by atoms with Crippen LogP contribution in [0.25, 0.3) is 0 Å². The van der Waals surface area contributed by atoms with Crippen LogP contribution in [0.2, 0.25) is 0 Å². The van der Waals surface area contributed by atoms with Crippen LogP contribution in [0.4, 0.5) is 0 Å². The molecule has 8 heavy (non-hydrogen) atoms. The topological polar surface area (TPSA) is 46.2 Å². The third-order valence-electron chi connectivity index (χ3n) is 1.16. The van der Waals surface area contributed by atoms with E-state index in [1.807, 2.05) is 0 Å². The van der Waals surface area contributed by atoms with Crippen LogP contribution in [0.3, 0.4) is 0 Å². The van der Waals surface area contributed by atoms with Gasteiger partial charge in [0, 0.05) is 6.54 Å². The van der Waals surface area contributed by atoms with Crippen LogP contribution in [0, 0.1) is 0 Å². The molecule has 0 fully saturated rings. The van der Waals surface area contributed by atoms with Gasteiger partial charge >= 0.3 is 0 Å². The van der Waals surface area contributed by atoms with Crippen molar-refractivity contribution in [3.05, 3.63) is 0 Å². The minimum atomic E-state index is -0.269. The van der Waals surface area contributed by atoms with Crippen LogP contribution >= 0.6 is 0 Å². The van der Waals surface area contributed by atoms with Crippen LogP contribution in [-0.2, 0) is 0 Å². The Morgan fingerprint density at radius 3 is 2.62 bits per heavy atom. The van der Waals surface area contributed by atoms with Gasteiger partial charge in [-0.2, -0.15) is 0 Å². The van der Waals surface area contributed by atoms with Crippen LogP contribution < -0.4 is 5.73 Å². The third kappa shape index (κ3) is 4.09. The average Bonchev–Trinajstić information content (AvgIpc) is 1.83. The first-order valence-corrected chi connectivity index (χ1v) is 3.19. The highest BCUT2D eigenvalue weighted by atomic mass is 16.3. The normalized spacial score (nSPS) is 13.9. The summed E-state index contributed by atoms with van der Waals surface area (Å²) in [6.07, 6.45) is 2.80. The lowest BCUT2D eigenvalue weighted by Gasteiger charge is -2.03. The molecule has 0 aliphatic heterocycles. The highest BCUT2D eigenvalue weighted by Crippen LogP contribution is 1.97. The van der Waals surface area contributed by atoms with Crippen molar-refractivity contribution >= 4 is 0 Å². The zero-order valence-electron chi connectivity index (χ0n) is 5.43. The molecule has 0 saturated carbocycles. The van der Waals surface area contributed by atoms with Crippen molar-refractivity contribution in [3.63, 3.8) is 0 Å². The van der Waals surface area contributed by atoms with Gasteiger partial charge in [-0.3, -0.25) is 0 Å². The van der Waals surface area contributed by atoms with Crippen molar-refractivity contribution in [1.29, 1.82) is 0 Å². The molecule has 0 bridgehead atoms. The van der Waals surface area contributed by atoms with Gasteiger partial charge in [0.25, 0.3) is 0 Å². The van der Waals surface area contributed by atoms with Crippen LogP contribution in [0.15, 0.2) is 0 Å². The maximum atomic E-state index is 8.86. The molecule has 0 amide bonds. The SMILES string of the molecule is CCCC[C@@H](O)CN. The first-order chi connectivity index (χ1) is 3.81. The monoisotopic (exact) mass is 117 g/mol. The molecule has 0 aromatic carbocycles. The molecule has 0 aliphatic carbocycles. The van der Waals surface area contributed by atoms with E-state index >= 15 is 0 Å². The first kappa shape index (κ1) is 7.92. The van der Waals surface area contributed by atoms with Gasteiger partial charge in [-0.25, -0.2) is 0 Å². The Morgan fingerprint density at radius 2 is 2.25 bits per heavy atom.